The molecule has 2 aromatic rings. The summed E-state index contributed by atoms with van der Waals surface area (Å²) in [6, 6.07) is 16.3. The average molecular weight is 771 g/mol. The number of carbonyl (C=O) groups is 6. The van der Waals surface area contributed by atoms with Gasteiger partial charge < -0.3 is 36.8 Å². The normalized spacial score (nSPS) is 14.7. The van der Waals surface area contributed by atoms with Crippen LogP contribution in [0.25, 0.3) is 0 Å². The summed E-state index contributed by atoms with van der Waals surface area (Å²) in [7, 11) is 2.04. The molecule has 7 N–H and O–H groups in total. The lowest BCUT2D eigenvalue weighted by Crippen LogP contribution is -2.56. The van der Waals surface area contributed by atoms with Crippen LogP contribution in [-0.4, -0.2) is 72.3 Å². The van der Waals surface area contributed by atoms with E-state index in [4.69, 9.17) is 4.79 Å². The van der Waals surface area contributed by atoms with E-state index in [0.717, 1.165) is 11.1 Å². The van der Waals surface area contributed by atoms with Gasteiger partial charge in [-0.1, -0.05) is 139 Å². The summed E-state index contributed by atoms with van der Waals surface area (Å²) >= 11 is 0. The maximum Gasteiger partial charge on any atom is 0.251 e. The Labute approximate surface area is 323 Å². The first-order valence-electron chi connectivity index (χ1n) is 19.2. The van der Waals surface area contributed by atoms with Gasteiger partial charge in [-0.15, -0.1) is 0 Å². The maximum absolute atomic E-state index is 12.9. The lowest BCUT2D eigenvalue weighted by molar-refractivity contribution is -0.135. The topological polar surface area (TPSA) is 195 Å². The molecule has 2 saturated carbocycles. The molecule has 0 bridgehead atoms. The Morgan fingerprint density at radius 2 is 1.19 bits per heavy atom. The first-order valence-corrected chi connectivity index (χ1v) is 19.7. The van der Waals surface area contributed by atoms with Gasteiger partial charge in [-0.2, -0.15) is 0 Å². The minimum atomic E-state index is -1.61. The molecule has 2 aromatic carbocycles. The zero-order chi connectivity index (χ0) is 40.0. The molecular formula is C40H63N6O7P. The zero-order valence-corrected chi connectivity index (χ0v) is 33.4. The van der Waals surface area contributed by atoms with Crippen LogP contribution in [0.2, 0.25) is 0 Å². The van der Waals surface area contributed by atoms with Crippen molar-refractivity contribution in [2.45, 2.75) is 128 Å². The molecule has 0 saturated heterocycles. The Morgan fingerprint density at radius 1 is 0.704 bits per heavy atom. The number of hydrogen-bond acceptors (Lipinski definition) is 7. The Balaban J connectivity index is 0.000000938. The van der Waals surface area contributed by atoms with Crippen LogP contribution in [0.1, 0.15) is 115 Å². The molecule has 4 unspecified atom stereocenters. The summed E-state index contributed by atoms with van der Waals surface area (Å²) in [6.07, 6.45) is 13.7. The Kier molecular flexibility index (Phi) is 26.5. The van der Waals surface area contributed by atoms with Gasteiger partial charge in [0, 0.05) is 0 Å². The number of carbonyl (C=O) groups excluding carboxylic acids is 6. The summed E-state index contributed by atoms with van der Waals surface area (Å²) in [5.74, 6) is -2.68. The Morgan fingerprint density at radius 3 is 1.67 bits per heavy atom. The van der Waals surface area contributed by atoms with E-state index in [1.165, 1.54) is 57.8 Å². The van der Waals surface area contributed by atoms with Gasteiger partial charge >= 0.3 is 0 Å². The fourth-order valence-corrected chi connectivity index (χ4v) is 5.16. The first kappa shape index (κ1) is 47.7. The third-order valence-corrected chi connectivity index (χ3v) is 8.45. The molecule has 0 radical (unpaired) electrons. The van der Waals surface area contributed by atoms with Crippen molar-refractivity contribution in [2.24, 2.45) is 0 Å². The number of aliphatic hydroxyl groups is 1. The van der Waals surface area contributed by atoms with E-state index >= 15 is 0 Å². The van der Waals surface area contributed by atoms with Gasteiger partial charge in [0.2, 0.25) is 30.0 Å². The molecule has 5 atom stereocenters. The van der Waals surface area contributed by atoms with Gasteiger partial charge in [-0.3, -0.25) is 28.8 Å². The van der Waals surface area contributed by atoms with Crippen molar-refractivity contribution in [1.82, 2.24) is 31.7 Å². The Hall–Kier alpha value is -4.35. The van der Waals surface area contributed by atoms with Crippen molar-refractivity contribution in [1.29, 1.82) is 0 Å². The second-order valence-electron chi connectivity index (χ2n) is 13.2. The minimum Gasteiger partial charge on any atom is -0.381 e. The fourth-order valence-electron chi connectivity index (χ4n) is 5.16. The third kappa shape index (κ3) is 23.3. The SMILES string of the molecule is C1CC1.C1CCCCC1.CCCC(NC(=O)[C@H](CC)NC(=O)CNC(=O)Cc1ccccc1)C(O)C(=O)NCC(=O)NC(C)c1ccccc1.O=CNP. The smallest absolute Gasteiger partial charge is 0.251 e. The molecule has 0 aliphatic heterocycles. The highest BCUT2D eigenvalue weighted by Gasteiger charge is 2.30. The van der Waals surface area contributed by atoms with Crippen molar-refractivity contribution in [3.63, 3.8) is 0 Å². The molecule has 2 aliphatic carbocycles. The zero-order valence-electron chi connectivity index (χ0n) is 32.2. The van der Waals surface area contributed by atoms with Gasteiger partial charge in [0.1, 0.15) is 6.04 Å². The van der Waals surface area contributed by atoms with Crippen molar-refractivity contribution in [2.75, 3.05) is 13.1 Å². The maximum atomic E-state index is 12.9. The predicted octanol–water partition coefficient (Wildman–Crippen LogP) is 3.91. The van der Waals surface area contributed by atoms with Crippen LogP contribution in [-0.2, 0) is 35.2 Å². The van der Waals surface area contributed by atoms with Crippen LogP contribution >= 0.6 is 9.39 Å². The van der Waals surface area contributed by atoms with Crippen molar-refractivity contribution >= 4 is 45.3 Å². The van der Waals surface area contributed by atoms with E-state index in [9.17, 15) is 29.1 Å². The van der Waals surface area contributed by atoms with Crippen molar-refractivity contribution in [3.05, 3.63) is 71.8 Å². The van der Waals surface area contributed by atoms with Crippen LogP contribution in [0.3, 0.4) is 0 Å². The Bertz CT molecular complexity index is 1350. The van der Waals surface area contributed by atoms with E-state index in [1.54, 1.807) is 19.1 Å². The number of hydrogen-bond donors (Lipinski definition) is 7. The lowest BCUT2D eigenvalue weighted by Gasteiger charge is -2.26. The van der Waals surface area contributed by atoms with Crippen LogP contribution in [0.5, 0.6) is 0 Å². The molecule has 0 heterocycles. The minimum absolute atomic E-state index is 0.123. The summed E-state index contributed by atoms with van der Waals surface area (Å²) < 4.78 is 0. The molecule has 13 nitrogen and oxygen atoms in total. The summed E-state index contributed by atoms with van der Waals surface area (Å²) in [4.78, 5) is 71.3. The van der Waals surface area contributed by atoms with Crippen LogP contribution in [0, 0.1) is 0 Å². The summed E-state index contributed by atoms with van der Waals surface area (Å²) in [5, 5.41) is 25.7. The van der Waals surface area contributed by atoms with E-state index in [0.29, 0.717) is 12.8 Å². The molecule has 54 heavy (non-hydrogen) atoms. The van der Waals surface area contributed by atoms with Gasteiger partial charge in [-0.05, 0) is 40.3 Å². The highest BCUT2D eigenvalue weighted by Crippen LogP contribution is 2.15. The van der Waals surface area contributed by atoms with Crippen LogP contribution < -0.4 is 31.7 Å². The van der Waals surface area contributed by atoms with Crippen molar-refractivity contribution in [3.8, 4) is 0 Å². The summed E-state index contributed by atoms with van der Waals surface area (Å²) in [5.41, 5.74) is 1.72. The predicted molar refractivity (Wildman–Crippen MR) is 215 cm³/mol. The molecule has 300 valence electrons. The molecule has 0 aromatic heterocycles. The molecule has 14 heteroatoms. The first-order chi connectivity index (χ1) is 26.1. The molecule has 6 amide bonds. The fraction of sp³-hybridized carbons (Fsp3) is 0.550. The van der Waals surface area contributed by atoms with Gasteiger partial charge in [-0.25, -0.2) is 0 Å². The number of aliphatic hydroxyl groups excluding tert-OH is 1. The van der Waals surface area contributed by atoms with Gasteiger partial charge in [0.05, 0.1) is 31.6 Å². The average Bonchev–Trinajstić information content (AvgIpc) is 4.10. The molecule has 2 fully saturated rings. The van der Waals surface area contributed by atoms with E-state index in [1.807, 2.05) is 71.8 Å². The second kappa shape index (κ2) is 30.0. The van der Waals surface area contributed by atoms with Crippen molar-refractivity contribution < 1.29 is 33.9 Å². The molecule has 4 rings (SSSR count). The lowest BCUT2D eigenvalue weighted by atomic mass is 10.0. The van der Waals surface area contributed by atoms with E-state index in [2.05, 4.69) is 31.7 Å². The van der Waals surface area contributed by atoms with E-state index in [-0.39, 0.29) is 44.3 Å². The number of amides is 6. The number of rotatable bonds is 17. The van der Waals surface area contributed by atoms with Gasteiger partial charge in [0.25, 0.3) is 5.91 Å². The third-order valence-electron chi connectivity index (χ3n) is 8.31. The second-order valence-corrected chi connectivity index (χ2v) is 13.5. The van der Waals surface area contributed by atoms with Crippen LogP contribution in [0.15, 0.2) is 60.7 Å². The quantitative estimate of drug-likeness (QED) is 0.0936. The molecule has 2 aliphatic rings. The standard InChI is InChI=1S/C30H41N5O6.C6H12.C3H6.CH4NOP/c1-4-12-24(28(39)30(41)32-19-26(37)33-20(3)22-15-10-7-11-16-22)35-29(40)23(5-2)34-27(38)18-31-25(36)17-21-13-8-6-9-14-21;1-2-4-6-5-3-1;1-2-3-1;3-1-2-4/h6-11,13-16,20,23-24,28,39H,4-5,12,17-19H2,1-3H3,(H,31,36)(H,32,41)(H,33,37)(H,34,38)(H,35,40);1-6H2;1-3H2;1H,4H2,(H,2,3)/t20?,23-,24?,28?;;;/m0.../s1. The number of nitrogens with one attached hydrogen (secondary N) is 6. The largest absolute Gasteiger partial charge is 0.381 e. The summed E-state index contributed by atoms with van der Waals surface area (Å²) in [6.45, 7) is 4.70. The van der Waals surface area contributed by atoms with Gasteiger partial charge in [0.15, 0.2) is 6.10 Å². The molecule has 0 spiro atoms. The highest BCUT2D eigenvalue weighted by molar-refractivity contribution is 7.14. The highest BCUT2D eigenvalue weighted by atomic mass is 31.0. The number of benzene rings is 2. The van der Waals surface area contributed by atoms with E-state index < -0.39 is 41.8 Å². The monoisotopic (exact) mass is 770 g/mol. The van der Waals surface area contributed by atoms with Crippen LogP contribution in [0.4, 0.5) is 0 Å². The molecular weight excluding hydrogens is 707 g/mol.